The van der Waals surface area contributed by atoms with Gasteiger partial charge in [0.05, 0.1) is 0 Å². The summed E-state index contributed by atoms with van der Waals surface area (Å²) in [5, 5.41) is 7.24. The van der Waals surface area contributed by atoms with E-state index in [1.165, 1.54) is 37.3 Å². The van der Waals surface area contributed by atoms with E-state index in [0.29, 0.717) is 12.1 Å². The Bertz CT molecular complexity index is 158. The third-order valence-electron chi connectivity index (χ3n) is 2.94. The van der Waals surface area contributed by atoms with Crippen molar-refractivity contribution in [1.82, 2.24) is 10.6 Å². The minimum Gasteiger partial charge on any atom is -0.314 e. The summed E-state index contributed by atoms with van der Waals surface area (Å²) in [6.45, 7) is 8.05. The van der Waals surface area contributed by atoms with Crippen LogP contribution in [-0.2, 0) is 0 Å². The van der Waals surface area contributed by atoms with E-state index in [-0.39, 0.29) is 0 Å². The van der Waals surface area contributed by atoms with Gasteiger partial charge >= 0.3 is 0 Å². The highest BCUT2D eigenvalue weighted by Crippen LogP contribution is 2.11. The Hall–Kier alpha value is 0.270. The molecule has 1 rings (SSSR count). The number of hydrogen-bond donors (Lipinski definition) is 2. The predicted octanol–water partition coefficient (Wildman–Crippen LogP) is 2.25. The Labute approximate surface area is 99.0 Å². The van der Waals surface area contributed by atoms with Gasteiger partial charge in [-0.25, -0.2) is 0 Å². The van der Waals surface area contributed by atoms with Crippen molar-refractivity contribution in [3.8, 4) is 0 Å². The molecule has 90 valence electrons. The van der Waals surface area contributed by atoms with E-state index in [2.05, 4.69) is 31.4 Å². The Kier molecular flexibility index (Phi) is 6.69. The molecule has 2 nitrogen and oxygen atoms in total. The molecule has 0 aromatic heterocycles. The number of hydrogen-bond acceptors (Lipinski definition) is 3. The first kappa shape index (κ1) is 13.3. The molecule has 0 bridgehead atoms. The van der Waals surface area contributed by atoms with E-state index < -0.39 is 0 Å². The Balaban J connectivity index is 2.08. The molecular weight excluding hydrogens is 204 g/mol. The molecule has 3 unspecified atom stereocenters. The summed E-state index contributed by atoms with van der Waals surface area (Å²) < 4.78 is 0. The lowest BCUT2D eigenvalue weighted by Crippen LogP contribution is -2.39. The monoisotopic (exact) mass is 230 g/mol. The maximum Gasteiger partial charge on any atom is 0.0132 e. The largest absolute Gasteiger partial charge is 0.314 e. The number of rotatable bonds is 7. The number of nitrogens with one attached hydrogen (secondary N) is 2. The lowest BCUT2D eigenvalue weighted by atomic mass is 10.1. The number of thioether (sulfide) groups is 1. The second kappa shape index (κ2) is 7.53. The second-order valence-electron chi connectivity index (χ2n) is 4.66. The molecule has 0 aromatic carbocycles. The molecule has 3 atom stereocenters. The van der Waals surface area contributed by atoms with Crippen molar-refractivity contribution in [1.29, 1.82) is 0 Å². The van der Waals surface area contributed by atoms with Gasteiger partial charge in [-0.1, -0.05) is 6.92 Å². The summed E-state index contributed by atoms with van der Waals surface area (Å²) in [5.41, 5.74) is 0. The summed E-state index contributed by atoms with van der Waals surface area (Å²) in [6.07, 6.45) is 4.00. The summed E-state index contributed by atoms with van der Waals surface area (Å²) in [5.74, 6) is 2.46. The Morgan fingerprint density at radius 2 is 2.20 bits per heavy atom. The fourth-order valence-electron chi connectivity index (χ4n) is 2.28. The first-order valence-electron chi connectivity index (χ1n) is 6.29. The van der Waals surface area contributed by atoms with Crippen molar-refractivity contribution >= 4 is 11.8 Å². The van der Waals surface area contributed by atoms with Crippen LogP contribution in [0.5, 0.6) is 0 Å². The van der Waals surface area contributed by atoms with Crippen LogP contribution in [0.4, 0.5) is 0 Å². The molecular formula is C12H26N2S. The zero-order valence-electron chi connectivity index (χ0n) is 10.4. The fraction of sp³-hybridized carbons (Fsp3) is 1.00. The molecule has 1 fully saturated rings. The summed E-state index contributed by atoms with van der Waals surface area (Å²) in [4.78, 5) is 0. The fourth-order valence-corrected chi connectivity index (χ4v) is 2.97. The smallest absolute Gasteiger partial charge is 0.0132 e. The van der Waals surface area contributed by atoms with Crippen LogP contribution in [0.15, 0.2) is 0 Å². The lowest BCUT2D eigenvalue weighted by Gasteiger charge is -2.22. The summed E-state index contributed by atoms with van der Waals surface area (Å²) >= 11 is 2.02. The van der Waals surface area contributed by atoms with Crippen LogP contribution in [-0.4, -0.2) is 36.2 Å². The molecule has 3 heteroatoms. The standard InChI is InChI=1S/C12H26N2S/c1-4-15-9-11(3)14-10(2)8-12-6-5-7-13-12/h10-14H,4-9H2,1-3H3. The van der Waals surface area contributed by atoms with Crippen molar-refractivity contribution in [3.05, 3.63) is 0 Å². The topological polar surface area (TPSA) is 24.1 Å². The van der Waals surface area contributed by atoms with Crippen LogP contribution in [0, 0.1) is 0 Å². The molecule has 0 aromatic rings. The van der Waals surface area contributed by atoms with Crippen molar-refractivity contribution in [2.75, 3.05) is 18.1 Å². The van der Waals surface area contributed by atoms with Gasteiger partial charge in [0, 0.05) is 23.9 Å². The molecule has 2 N–H and O–H groups in total. The van der Waals surface area contributed by atoms with Crippen LogP contribution in [0.3, 0.4) is 0 Å². The van der Waals surface area contributed by atoms with Crippen molar-refractivity contribution < 1.29 is 0 Å². The maximum absolute atomic E-state index is 3.68. The maximum atomic E-state index is 3.68. The first-order chi connectivity index (χ1) is 7.22. The van der Waals surface area contributed by atoms with E-state index in [0.717, 1.165) is 6.04 Å². The highest BCUT2D eigenvalue weighted by atomic mass is 32.2. The van der Waals surface area contributed by atoms with Crippen LogP contribution in [0.25, 0.3) is 0 Å². The minimum atomic E-state index is 0.645. The molecule has 1 aliphatic rings. The predicted molar refractivity (Wildman–Crippen MR) is 70.7 cm³/mol. The first-order valence-corrected chi connectivity index (χ1v) is 7.45. The SMILES string of the molecule is CCSCC(C)NC(C)CC1CCCN1. The van der Waals surface area contributed by atoms with Gasteiger partial charge in [0.25, 0.3) is 0 Å². The minimum absolute atomic E-state index is 0.645. The molecule has 0 saturated carbocycles. The molecule has 1 aliphatic heterocycles. The van der Waals surface area contributed by atoms with Crippen molar-refractivity contribution in [2.45, 2.75) is 58.2 Å². The summed E-state index contributed by atoms with van der Waals surface area (Å²) in [7, 11) is 0. The van der Waals surface area contributed by atoms with E-state index in [4.69, 9.17) is 0 Å². The van der Waals surface area contributed by atoms with Crippen LogP contribution >= 0.6 is 11.8 Å². The molecule has 1 heterocycles. The third kappa shape index (κ3) is 5.79. The highest BCUT2D eigenvalue weighted by molar-refractivity contribution is 7.99. The molecule has 0 amide bonds. The quantitative estimate of drug-likeness (QED) is 0.701. The van der Waals surface area contributed by atoms with Gasteiger partial charge in [-0.05, 0) is 45.4 Å². The third-order valence-corrected chi connectivity index (χ3v) is 4.09. The normalized spacial score (nSPS) is 25.4. The lowest BCUT2D eigenvalue weighted by molar-refractivity contribution is 0.416. The average Bonchev–Trinajstić information content (AvgIpc) is 2.67. The van der Waals surface area contributed by atoms with Crippen LogP contribution < -0.4 is 10.6 Å². The van der Waals surface area contributed by atoms with E-state index >= 15 is 0 Å². The zero-order chi connectivity index (χ0) is 11.1. The van der Waals surface area contributed by atoms with Gasteiger partial charge in [-0.2, -0.15) is 11.8 Å². The Morgan fingerprint density at radius 1 is 1.40 bits per heavy atom. The van der Waals surface area contributed by atoms with Crippen LogP contribution in [0.2, 0.25) is 0 Å². The molecule has 0 spiro atoms. The van der Waals surface area contributed by atoms with Crippen molar-refractivity contribution in [3.63, 3.8) is 0 Å². The van der Waals surface area contributed by atoms with Crippen molar-refractivity contribution in [2.24, 2.45) is 0 Å². The molecule has 1 saturated heterocycles. The summed E-state index contributed by atoms with van der Waals surface area (Å²) in [6, 6.07) is 2.05. The average molecular weight is 230 g/mol. The van der Waals surface area contributed by atoms with Gasteiger partial charge < -0.3 is 10.6 Å². The van der Waals surface area contributed by atoms with Gasteiger partial charge in [-0.3, -0.25) is 0 Å². The van der Waals surface area contributed by atoms with E-state index in [1.807, 2.05) is 11.8 Å². The Morgan fingerprint density at radius 3 is 2.80 bits per heavy atom. The highest BCUT2D eigenvalue weighted by Gasteiger charge is 2.17. The van der Waals surface area contributed by atoms with E-state index in [9.17, 15) is 0 Å². The van der Waals surface area contributed by atoms with Gasteiger partial charge in [0.1, 0.15) is 0 Å². The van der Waals surface area contributed by atoms with Gasteiger partial charge in [0.15, 0.2) is 0 Å². The molecule has 15 heavy (non-hydrogen) atoms. The van der Waals surface area contributed by atoms with Gasteiger partial charge in [-0.15, -0.1) is 0 Å². The van der Waals surface area contributed by atoms with E-state index in [1.54, 1.807) is 0 Å². The molecule has 0 aliphatic carbocycles. The zero-order valence-corrected chi connectivity index (χ0v) is 11.2. The van der Waals surface area contributed by atoms with Crippen LogP contribution in [0.1, 0.15) is 40.0 Å². The second-order valence-corrected chi connectivity index (χ2v) is 5.98. The van der Waals surface area contributed by atoms with Gasteiger partial charge in [0.2, 0.25) is 0 Å². The molecule has 0 radical (unpaired) electrons.